The lowest BCUT2D eigenvalue weighted by Crippen LogP contribution is -2.52. The molecule has 0 aromatic rings. The summed E-state index contributed by atoms with van der Waals surface area (Å²) in [5, 5.41) is 14.0. The van der Waals surface area contributed by atoms with Crippen LogP contribution in [0.1, 0.15) is 13.8 Å². The summed E-state index contributed by atoms with van der Waals surface area (Å²) in [6, 6.07) is -1.96. The van der Waals surface area contributed by atoms with Crippen LogP contribution in [0.5, 0.6) is 0 Å². The van der Waals surface area contributed by atoms with Crippen LogP contribution in [0.2, 0.25) is 0 Å². The molecule has 1 saturated heterocycles. The Labute approximate surface area is 115 Å². The van der Waals surface area contributed by atoms with Gasteiger partial charge in [0.05, 0.1) is 12.6 Å². The van der Waals surface area contributed by atoms with Gasteiger partial charge in [-0.1, -0.05) is 0 Å². The standard InChI is InChI=1S/C11H19N3O6/c1-3-19-11(18)7-9(20-7)13-4-6(10(16)17)14-8(15)5(2)12/h5-7,9,13H,3-4,12H2,1-2H3,(H,14,15)(H,16,17)/t5-,6-,7-,9-/m0/s1. The van der Waals surface area contributed by atoms with Crippen molar-refractivity contribution in [2.75, 3.05) is 13.2 Å². The molecule has 1 aliphatic rings. The first kappa shape index (κ1) is 16.3. The summed E-state index contributed by atoms with van der Waals surface area (Å²) in [6.45, 7) is 3.27. The van der Waals surface area contributed by atoms with Gasteiger partial charge in [-0.15, -0.1) is 0 Å². The number of epoxide rings is 1. The first-order valence-corrected chi connectivity index (χ1v) is 6.21. The minimum absolute atomic E-state index is 0.0889. The predicted octanol–water partition coefficient (Wildman–Crippen LogP) is -2.22. The Balaban J connectivity index is 2.36. The highest BCUT2D eigenvalue weighted by atomic mass is 16.6. The molecule has 20 heavy (non-hydrogen) atoms. The molecule has 5 N–H and O–H groups in total. The Morgan fingerprint density at radius 3 is 2.60 bits per heavy atom. The fourth-order valence-corrected chi connectivity index (χ4v) is 1.41. The number of carboxylic acid groups (broad SMARTS) is 1. The average Bonchev–Trinajstić information content (AvgIpc) is 3.13. The van der Waals surface area contributed by atoms with Gasteiger partial charge in [-0.05, 0) is 13.8 Å². The van der Waals surface area contributed by atoms with Crippen LogP contribution in [0.3, 0.4) is 0 Å². The first-order valence-electron chi connectivity index (χ1n) is 6.21. The summed E-state index contributed by atoms with van der Waals surface area (Å²) in [4.78, 5) is 33.6. The van der Waals surface area contributed by atoms with Crippen LogP contribution in [0.15, 0.2) is 0 Å². The van der Waals surface area contributed by atoms with E-state index in [4.69, 9.17) is 20.3 Å². The zero-order valence-electron chi connectivity index (χ0n) is 11.3. The number of hydrogen-bond acceptors (Lipinski definition) is 7. The number of esters is 1. The Hall–Kier alpha value is -1.71. The molecule has 9 heteroatoms. The van der Waals surface area contributed by atoms with E-state index in [9.17, 15) is 14.4 Å². The second-order valence-corrected chi connectivity index (χ2v) is 4.33. The molecule has 0 aromatic carbocycles. The minimum atomic E-state index is -1.21. The summed E-state index contributed by atoms with van der Waals surface area (Å²) in [5.74, 6) is -2.28. The van der Waals surface area contributed by atoms with Gasteiger partial charge in [-0.3, -0.25) is 10.1 Å². The van der Waals surface area contributed by atoms with Crippen molar-refractivity contribution in [2.45, 2.75) is 38.3 Å². The summed E-state index contributed by atoms with van der Waals surface area (Å²) in [6.07, 6.45) is -1.32. The lowest BCUT2D eigenvalue weighted by Gasteiger charge is -2.16. The van der Waals surface area contributed by atoms with Crippen molar-refractivity contribution in [3.63, 3.8) is 0 Å². The zero-order valence-corrected chi connectivity index (χ0v) is 11.3. The largest absolute Gasteiger partial charge is 0.480 e. The third-order valence-corrected chi connectivity index (χ3v) is 2.56. The van der Waals surface area contributed by atoms with Crippen molar-refractivity contribution in [2.24, 2.45) is 5.73 Å². The summed E-state index contributed by atoms with van der Waals surface area (Å²) < 4.78 is 9.74. The molecule has 1 amide bonds. The molecule has 0 saturated carbocycles. The second-order valence-electron chi connectivity index (χ2n) is 4.33. The summed E-state index contributed by atoms with van der Waals surface area (Å²) in [5.41, 5.74) is 5.34. The number of nitrogens with two attached hydrogens (primary N) is 1. The van der Waals surface area contributed by atoms with E-state index in [1.807, 2.05) is 0 Å². The van der Waals surface area contributed by atoms with E-state index < -0.39 is 42.3 Å². The molecule has 9 nitrogen and oxygen atoms in total. The van der Waals surface area contributed by atoms with Crippen molar-refractivity contribution in [3.05, 3.63) is 0 Å². The minimum Gasteiger partial charge on any atom is -0.480 e. The fraction of sp³-hybridized carbons (Fsp3) is 0.727. The molecule has 4 atom stereocenters. The average molecular weight is 289 g/mol. The summed E-state index contributed by atoms with van der Waals surface area (Å²) >= 11 is 0. The molecule has 1 rings (SSSR count). The van der Waals surface area contributed by atoms with E-state index in [-0.39, 0.29) is 13.2 Å². The van der Waals surface area contributed by atoms with Gasteiger partial charge >= 0.3 is 11.9 Å². The number of hydrogen-bond donors (Lipinski definition) is 4. The third-order valence-electron chi connectivity index (χ3n) is 2.56. The normalized spacial score (nSPS) is 23.6. The van der Waals surface area contributed by atoms with E-state index in [1.165, 1.54) is 6.92 Å². The topological polar surface area (TPSA) is 143 Å². The molecule has 114 valence electrons. The monoisotopic (exact) mass is 289 g/mol. The lowest BCUT2D eigenvalue weighted by atomic mass is 10.2. The highest BCUT2D eigenvalue weighted by molar-refractivity contribution is 5.86. The van der Waals surface area contributed by atoms with E-state index in [1.54, 1.807) is 6.92 Å². The number of aliphatic carboxylic acids is 1. The predicted molar refractivity (Wildman–Crippen MR) is 66.5 cm³/mol. The lowest BCUT2D eigenvalue weighted by molar-refractivity contribution is -0.144. The first-order chi connectivity index (χ1) is 9.36. The van der Waals surface area contributed by atoms with Crippen LogP contribution >= 0.6 is 0 Å². The Morgan fingerprint density at radius 2 is 2.10 bits per heavy atom. The number of amides is 1. The molecule has 0 aromatic heterocycles. The van der Waals surface area contributed by atoms with E-state index >= 15 is 0 Å². The second kappa shape index (κ2) is 7.17. The molecule has 1 aliphatic heterocycles. The molecule has 0 aliphatic carbocycles. The van der Waals surface area contributed by atoms with Gasteiger partial charge in [0.1, 0.15) is 12.3 Å². The number of nitrogens with one attached hydrogen (secondary N) is 2. The van der Waals surface area contributed by atoms with Gasteiger partial charge in [-0.2, -0.15) is 0 Å². The molecule has 0 bridgehead atoms. The smallest absolute Gasteiger partial charge is 0.339 e. The van der Waals surface area contributed by atoms with Gasteiger partial charge in [0.2, 0.25) is 5.91 Å². The van der Waals surface area contributed by atoms with E-state index in [2.05, 4.69) is 10.6 Å². The maximum Gasteiger partial charge on any atom is 0.339 e. The van der Waals surface area contributed by atoms with Crippen LogP contribution in [0.4, 0.5) is 0 Å². The summed E-state index contributed by atoms with van der Waals surface area (Å²) in [7, 11) is 0. The SMILES string of the molecule is CCOC(=O)[C@H]1O[C@@H]1NC[C@H](NC(=O)[C@H](C)N)C(=O)O. The van der Waals surface area contributed by atoms with E-state index in [0.29, 0.717) is 0 Å². The van der Waals surface area contributed by atoms with E-state index in [0.717, 1.165) is 0 Å². The molecule has 0 spiro atoms. The molecule has 0 radical (unpaired) electrons. The molecule has 1 fully saturated rings. The van der Waals surface area contributed by atoms with Crippen LogP contribution in [0, 0.1) is 0 Å². The van der Waals surface area contributed by atoms with Gasteiger partial charge < -0.3 is 25.6 Å². The Kier molecular flexibility index (Phi) is 5.86. The number of carboxylic acids is 1. The van der Waals surface area contributed by atoms with Crippen LogP contribution in [0.25, 0.3) is 0 Å². The quantitative estimate of drug-likeness (QED) is 0.290. The van der Waals surface area contributed by atoms with Crippen LogP contribution in [-0.4, -0.2) is 60.5 Å². The number of carbonyl (C=O) groups excluding carboxylic acids is 2. The van der Waals surface area contributed by atoms with Crippen molar-refractivity contribution in [1.82, 2.24) is 10.6 Å². The van der Waals surface area contributed by atoms with Crippen molar-refractivity contribution < 1.29 is 29.0 Å². The van der Waals surface area contributed by atoms with Gasteiger partial charge in [0.15, 0.2) is 6.10 Å². The maximum absolute atomic E-state index is 11.3. The molecular formula is C11H19N3O6. The Morgan fingerprint density at radius 1 is 1.45 bits per heavy atom. The zero-order chi connectivity index (χ0) is 15.3. The third kappa shape index (κ3) is 4.76. The van der Waals surface area contributed by atoms with Gasteiger partial charge in [0, 0.05) is 6.54 Å². The van der Waals surface area contributed by atoms with Crippen LogP contribution < -0.4 is 16.4 Å². The van der Waals surface area contributed by atoms with Crippen LogP contribution in [-0.2, 0) is 23.9 Å². The van der Waals surface area contributed by atoms with Crippen molar-refractivity contribution in [3.8, 4) is 0 Å². The maximum atomic E-state index is 11.3. The number of carbonyl (C=O) groups is 3. The van der Waals surface area contributed by atoms with Gasteiger partial charge in [0.25, 0.3) is 0 Å². The highest BCUT2D eigenvalue weighted by Crippen LogP contribution is 2.20. The van der Waals surface area contributed by atoms with Gasteiger partial charge in [-0.25, -0.2) is 9.59 Å². The van der Waals surface area contributed by atoms with Crippen molar-refractivity contribution >= 4 is 17.8 Å². The Bertz CT molecular complexity index is 386. The van der Waals surface area contributed by atoms with Crippen molar-refractivity contribution in [1.29, 1.82) is 0 Å². The fourth-order valence-electron chi connectivity index (χ4n) is 1.41. The number of rotatable bonds is 8. The number of ether oxygens (including phenoxy) is 2. The molecule has 0 unspecified atom stereocenters. The molecular weight excluding hydrogens is 270 g/mol. The highest BCUT2D eigenvalue weighted by Gasteiger charge is 2.46. The molecule has 1 heterocycles.